The van der Waals surface area contributed by atoms with Gasteiger partial charge in [-0.2, -0.15) is 0 Å². The summed E-state index contributed by atoms with van der Waals surface area (Å²) in [5, 5.41) is 9.79. The van der Waals surface area contributed by atoms with E-state index in [4.69, 9.17) is 14.2 Å². The molecule has 1 N–H and O–H groups in total. The minimum absolute atomic E-state index is 0.140. The van der Waals surface area contributed by atoms with Gasteiger partial charge in [0.25, 0.3) is 0 Å². The molecule has 1 aliphatic rings. The molecule has 0 radical (unpaired) electrons. The molecule has 0 amide bonds. The van der Waals surface area contributed by atoms with E-state index in [2.05, 4.69) is 25.0 Å². The van der Waals surface area contributed by atoms with Crippen molar-refractivity contribution >= 4 is 5.76 Å². The number of hydrogen-bond acceptors (Lipinski definition) is 5. The van der Waals surface area contributed by atoms with Crippen molar-refractivity contribution in [2.24, 2.45) is 5.92 Å². The second-order valence-corrected chi connectivity index (χ2v) is 7.31. The molecule has 0 bridgehead atoms. The van der Waals surface area contributed by atoms with Crippen LogP contribution in [0.15, 0.2) is 35.8 Å². The lowest BCUT2D eigenvalue weighted by atomic mass is 9.87. The maximum Gasteiger partial charge on any atom is 0.193 e. The van der Waals surface area contributed by atoms with Crippen molar-refractivity contribution in [3.8, 4) is 22.8 Å². The number of aliphatic hydroxyl groups excluding tert-OH is 1. The van der Waals surface area contributed by atoms with Crippen LogP contribution in [0, 0.1) is 5.92 Å². The fraction of sp³-hybridized carbons (Fsp3) is 0.409. The normalized spacial score (nSPS) is 15.1. The monoisotopic (exact) mass is 385 g/mol. The van der Waals surface area contributed by atoms with Gasteiger partial charge in [-0.1, -0.05) is 20.4 Å². The van der Waals surface area contributed by atoms with Crippen LogP contribution in [0.3, 0.4) is 0 Å². The molecule has 0 spiro atoms. The number of aromatic nitrogens is 1. The van der Waals surface area contributed by atoms with Crippen LogP contribution in [0.2, 0.25) is 0 Å². The number of nitrogens with zero attached hydrogens (tertiary/aromatic N) is 1. The summed E-state index contributed by atoms with van der Waals surface area (Å²) in [6, 6.07) is 5.61. The number of benzene rings is 1. The number of hydrogen-bond donors (Lipinski definition) is 1. The van der Waals surface area contributed by atoms with Crippen LogP contribution in [-0.2, 0) is 11.2 Å². The zero-order valence-electron chi connectivity index (χ0n) is 16.8. The molecule has 3 rings (SSSR count). The summed E-state index contributed by atoms with van der Waals surface area (Å²) in [7, 11) is 3.22. The highest BCUT2D eigenvalue weighted by Gasteiger charge is 2.28. The second kappa shape index (κ2) is 8.10. The Balaban J connectivity index is 2.17. The number of ether oxygens (including phenoxy) is 3. The number of pyridine rings is 1. The lowest BCUT2D eigenvalue weighted by Crippen LogP contribution is -2.27. The second-order valence-electron chi connectivity index (χ2n) is 7.31. The highest BCUT2D eigenvalue weighted by atomic mass is 16.5. The summed E-state index contributed by atoms with van der Waals surface area (Å²) in [6.07, 6.45) is 2.49. The standard InChI is InChI=1S/C22H27NO5/c1-13(2)18-8-15-9-22(28-7-6-26-4)21(27-5)10-16(15)19-11-20(25)17(14(3)24)12-23(18)19/h9-13,18,24H,3,6-8H2,1-2,4-5H3. The van der Waals surface area contributed by atoms with Crippen molar-refractivity contribution in [1.29, 1.82) is 0 Å². The summed E-state index contributed by atoms with van der Waals surface area (Å²) in [5.74, 6) is 1.38. The van der Waals surface area contributed by atoms with Crippen LogP contribution < -0.4 is 14.9 Å². The molecule has 2 aromatic rings. The van der Waals surface area contributed by atoms with Crippen LogP contribution in [0.4, 0.5) is 0 Å². The van der Waals surface area contributed by atoms with Gasteiger partial charge in [-0.05, 0) is 30.0 Å². The van der Waals surface area contributed by atoms with E-state index < -0.39 is 0 Å². The topological polar surface area (TPSA) is 69.9 Å². The summed E-state index contributed by atoms with van der Waals surface area (Å²) in [6.45, 7) is 8.72. The average molecular weight is 385 g/mol. The number of rotatable bonds is 7. The third kappa shape index (κ3) is 3.64. The Morgan fingerprint density at radius 3 is 2.61 bits per heavy atom. The zero-order valence-corrected chi connectivity index (χ0v) is 16.8. The third-order valence-electron chi connectivity index (χ3n) is 5.16. The van der Waals surface area contributed by atoms with E-state index in [0.29, 0.717) is 30.6 Å². The van der Waals surface area contributed by atoms with Crippen LogP contribution in [0.5, 0.6) is 11.5 Å². The van der Waals surface area contributed by atoms with Gasteiger partial charge in [-0.3, -0.25) is 4.79 Å². The van der Waals surface area contributed by atoms with Gasteiger partial charge in [0.1, 0.15) is 12.4 Å². The molecule has 0 saturated carbocycles. The molecule has 1 aromatic carbocycles. The highest BCUT2D eigenvalue weighted by Crippen LogP contribution is 2.42. The van der Waals surface area contributed by atoms with Gasteiger partial charge >= 0.3 is 0 Å². The van der Waals surface area contributed by atoms with Crippen molar-refractivity contribution in [3.05, 3.63) is 52.3 Å². The van der Waals surface area contributed by atoms with Crippen LogP contribution in [0.1, 0.15) is 31.0 Å². The van der Waals surface area contributed by atoms with Gasteiger partial charge in [0.05, 0.1) is 25.0 Å². The average Bonchev–Trinajstić information content (AvgIpc) is 2.66. The Morgan fingerprint density at radius 2 is 2.00 bits per heavy atom. The molecule has 2 heterocycles. The van der Waals surface area contributed by atoms with Crippen molar-refractivity contribution in [2.45, 2.75) is 26.3 Å². The summed E-state index contributed by atoms with van der Waals surface area (Å²) >= 11 is 0. The van der Waals surface area contributed by atoms with Crippen molar-refractivity contribution in [2.75, 3.05) is 27.4 Å². The lowest BCUT2D eigenvalue weighted by Gasteiger charge is -2.34. The van der Waals surface area contributed by atoms with Crippen molar-refractivity contribution < 1.29 is 19.3 Å². The maximum atomic E-state index is 12.5. The van der Waals surface area contributed by atoms with Crippen molar-refractivity contribution in [1.82, 2.24) is 4.57 Å². The van der Waals surface area contributed by atoms with Crippen LogP contribution in [-0.4, -0.2) is 37.1 Å². The number of aliphatic hydroxyl groups is 1. The van der Waals surface area contributed by atoms with Gasteiger partial charge in [0, 0.05) is 31.0 Å². The predicted molar refractivity (Wildman–Crippen MR) is 109 cm³/mol. The molecule has 1 atom stereocenters. The molecule has 150 valence electrons. The van der Waals surface area contributed by atoms with E-state index in [1.54, 1.807) is 26.5 Å². The first-order chi connectivity index (χ1) is 13.4. The fourth-order valence-corrected chi connectivity index (χ4v) is 3.65. The molecular weight excluding hydrogens is 358 g/mol. The molecule has 1 aromatic heterocycles. The Labute approximate surface area is 165 Å². The molecule has 0 saturated heterocycles. The first kappa shape index (κ1) is 20.0. The Hall–Kier alpha value is -2.73. The van der Waals surface area contributed by atoms with Gasteiger partial charge in [-0.15, -0.1) is 0 Å². The van der Waals surface area contributed by atoms with Gasteiger partial charge < -0.3 is 23.9 Å². The van der Waals surface area contributed by atoms with Gasteiger partial charge in [0.2, 0.25) is 0 Å². The smallest absolute Gasteiger partial charge is 0.193 e. The third-order valence-corrected chi connectivity index (χ3v) is 5.16. The Kier molecular flexibility index (Phi) is 5.79. The lowest BCUT2D eigenvalue weighted by molar-refractivity contribution is 0.144. The molecule has 0 aliphatic carbocycles. The fourth-order valence-electron chi connectivity index (χ4n) is 3.65. The van der Waals surface area contributed by atoms with Crippen LogP contribution in [0.25, 0.3) is 17.0 Å². The zero-order chi connectivity index (χ0) is 20.4. The van der Waals surface area contributed by atoms with E-state index >= 15 is 0 Å². The number of methoxy groups -OCH3 is 2. The quantitative estimate of drug-likeness (QED) is 0.579. The number of fused-ring (bicyclic) bond motifs is 3. The minimum atomic E-state index is -0.256. The Morgan fingerprint density at radius 1 is 1.25 bits per heavy atom. The molecule has 1 unspecified atom stereocenters. The summed E-state index contributed by atoms with van der Waals surface area (Å²) in [4.78, 5) is 12.5. The molecule has 0 fully saturated rings. The largest absolute Gasteiger partial charge is 0.508 e. The molecule has 6 nitrogen and oxygen atoms in total. The van der Waals surface area contributed by atoms with E-state index in [-0.39, 0.29) is 22.8 Å². The van der Waals surface area contributed by atoms with Gasteiger partial charge in [0.15, 0.2) is 16.9 Å². The maximum absolute atomic E-state index is 12.5. The van der Waals surface area contributed by atoms with E-state index in [0.717, 1.165) is 23.2 Å². The molecule has 1 aliphatic heterocycles. The molecule has 6 heteroatoms. The molecule has 28 heavy (non-hydrogen) atoms. The minimum Gasteiger partial charge on any atom is -0.508 e. The predicted octanol–water partition coefficient (Wildman–Crippen LogP) is 3.83. The highest BCUT2D eigenvalue weighted by molar-refractivity contribution is 5.72. The van der Waals surface area contributed by atoms with E-state index in [9.17, 15) is 9.90 Å². The van der Waals surface area contributed by atoms with Crippen molar-refractivity contribution in [3.63, 3.8) is 0 Å². The van der Waals surface area contributed by atoms with Gasteiger partial charge in [-0.25, -0.2) is 0 Å². The summed E-state index contributed by atoms with van der Waals surface area (Å²) in [5.41, 5.74) is 2.80. The summed E-state index contributed by atoms with van der Waals surface area (Å²) < 4.78 is 18.5. The first-order valence-electron chi connectivity index (χ1n) is 9.34. The van der Waals surface area contributed by atoms with E-state index in [1.807, 2.05) is 12.1 Å². The SMILES string of the molecule is C=C(O)c1cn2c(cc1=O)-c1cc(OC)c(OCCOC)cc1CC2C(C)C. The molecular formula is C22H27NO5. The Bertz CT molecular complexity index is 945. The first-order valence-corrected chi connectivity index (χ1v) is 9.34. The van der Waals surface area contributed by atoms with E-state index in [1.165, 1.54) is 0 Å². The van der Waals surface area contributed by atoms with Crippen LogP contribution >= 0.6 is 0 Å².